The number of likely N-dealkylation sites (tertiary alicyclic amines) is 1. The van der Waals surface area contributed by atoms with Crippen LogP contribution in [0.4, 0.5) is 0 Å². The molecule has 0 radical (unpaired) electrons. The van der Waals surface area contributed by atoms with Gasteiger partial charge in [0.25, 0.3) is 0 Å². The van der Waals surface area contributed by atoms with Crippen molar-refractivity contribution in [3.05, 3.63) is 0 Å². The topological polar surface area (TPSA) is 85.8 Å². The minimum absolute atomic E-state index is 0.132. The monoisotopic (exact) mass is 365 g/mol. The van der Waals surface area contributed by atoms with Gasteiger partial charge in [0.2, 0.25) is 11.8 Å². The van der Waals surface area contributed by atoms with Crippen molar-refractivity contribution in [1.29, 1.82) is 0 Å². The molecule has 7 heteroatoms. The minimum atomic E-state index is 0.132. The highest BCUT2D eigenvalue weighted by atomic mass is 16.2. The van der Waals surface area contributed by atoms with E-state index in [1.165, 1.54) is 6.42 Å². The Morgan fingerprint density at radius 2 is 1.85 bits per heavy atom. The van der Waals surface area contributed by atoms with E-state index in [1.807, 2.05) is 0 Å². The summed E-state index contributed by atoms with van der Waals surface area (Å²) < 4.78 is 0. The maximum Gasteiger partial charge on any atom is 0.223 e. The number of nitrogens with zero attached hydrogens (tertiary/aromatic N) is 2. The molecule has 2 fully saturated rings. The molecule has 0 aromatic heterocycles. The molecule has 1 aliphatic carbocycles. The van der Waals surface area contributed by atoms with Gasteiger partial charge in [-0.05, 0) is 44.9 Å². The Morgan fingerprint density at radius 3 is 2.42 bits per heavy atom. The van der Waals surface area contributed by atoms with Gasteiger partial charge in [0.15, 0.2) is 5.96 Å². The van der Waals surface area contributed by atoms with Crippen LogP contribution in [-0.2, 0) is 9.59 Å². The second-order valence-electron chi connectivity index (χ2n) is 7.32. The van der Waals surface area contributed by atoms with E-state index in [0.717, 1.165) is 57.7 Å². The minimum Gasteiger partial charge on any atom is -0.359 e. The average molecular weight is 366 g/mol. The van der Waals surface area contributed by atoms with Crippen molar-refractivity contribution >= 4 is 17.8 Å². The largest absolute Gasteiger partial charge is 0.359 e. The van der Waals surface area contributed by atoms with E-state index in [0.29, 0.717) is 25.4 Å². The lowest BCUT2D eigenvalue weighted by molar-refractivity contribution is -0.127. The molecule has 3 N–H and O–H groups in total. The van der Waals surface area contributed by atoms with E-state index in [1.54, 1.807) is 7.05 Å². The van der Waals surface area contributed by atoms with E-state index in [-0.39, 0.29) is 17.7 Å². The summed E-state index contributed by atoms with van der Waals surface area (Å²) in [6.45, 7) is 6.21. The molecule has 0 aromatic carbocycles. The van der Waals surface area contributed by atoms with Crippen molar-refractivity contribution in [2.24, 2.45) is 16.8 Å². The van der Waals surface area contributed by atoms with Gasteiger partial charge in [-0.15, -0.1) is 0 Å². The van der Waals surface area contributed by atoms with Crippen LogP contribution < -0.4 is 16.0 Å². The fraction of sp³-hybridized carbons (Fsp3) is 0.842. The van der Waals surface area contributed by atoms with Crippen molar-refractivity contribution in [2.75, 3.05) is 39.8 Å². The molecule has 2 aliphatic rings. The quantitative estimate of drug-likeness (QED) is 0.342. The molecule has 2 amide bonds. The third-order valence-electron chi connectivity index (χ3n) is 5.37. The van der Waals surface area contributed by atoms with E-state index < -0.39 is 0 Å². The number of aliphatic imine (C=N–C) groups is 1. The van der Waals surface area contributed by atoms with E-state index in [9.17, 15) is 9.59 Å². The van der Waals surface area contributed by atoms with Crippen LogP contribution in [0.2, 0.25) is 0 Å². The lowest BCUT2D eigenvalue weighted by Crippen LogP contribution is -2.46. The maximum atomic E-state index is 11.8. The smallest absolute Gasteiger partial charge is 0.223 e. The highest BCUT2D eigenvalue weighted by Crippen LogP contribution is 2.26. The van der Waals surface area contributed by atoms with Crippen molar-refractivity contribution in [3.63, 3.8) is 0 Å². The second kappa shape index (κ2) is 11.0. The predicted molar refractivity (Wildman–Crippen MR) is 104 cm³/mol. The number of hydrogen-bond acceptors (Lipinski definition) is 3. The number of amides is 2. The molecule has 1 saturated carbocycles. The number of carbonyl (C=O) groups is 2. The van der Waals surface area contributed by atoms with Crippen LogP contribution >= 0.6 is 0 Å². The van der Waals surface area contributed by atoms with Crippen molar-refractivity contribution in [1.82, 2.24) is 20.9 Å². The average Bonchev–Trinajstić information content (AvgIpc) is 2.59. The highest BCUT2D eigenvalue weighted by molar-refractivity contribution is 5.80. The van der Waals surface area contributed by atoms with Gasteiger partial charge in [-0.2, -0.15) is 0 Å². The van der Waals surface area contributed by atoms with Crippen LogP contribution in [0, 0.1) is 11.8 Å². The first-order chi connectivity index (χ1) is 12.6. The Kier molecular flexibility index (Phi) is 8.71. The molecule has 1 heterocycles. The van der Waals surface area contributed by atoms with Crippen molar-refractivity contribution in [2.45, 2.75) is 51.9 Å². The molecule has 1 aliphatic heterocycles. The fourth-order valence-electron chi connectivity index (χ4n) is 3.43. The standard InChI is InChI=1S/C19H35N5O2/c1-3-21-19(23-11-5-10-22-18(26)16-6-4-7-16)24-12-8-15(9-13-24)14-17(25)20-2/h15-16H,3-14H2,1-2H3,(H,20,25)(H,21,23)(H,22,26). The number of hydrogen-bond donors (Lipinski definition) is 3. The van der Waals surface area contributed by atoms with Gasteiger partial charge in [0.1, 0.15) is 0 Å². The zero-order valence-electron chi connectivity index (χ0n) is 16.4. The normalized spacial score (nSPS) is 19.0. The number of rotatable bonds is 8. The Hall–Kier alpha value is -1.79. The van der Waals surface area contributed by atoms with Crippen LogP contribution in [-0.4, -0.2) is 62.4 Å². The van der Waals surface area contributed by atoms with E-state index in [4.69, 9.17) is 4.99 Å². The van der Waals surface area contributed by atoms with Gasteiger partial charge in [-0.1, -0.05) is 6.42 Å². The van der Waals surface area contributed by atoms with Crippen LogP contribution in [0.3, 0.4) is 0 Å². The number of piperidine rings is 1. The first-order valence-corrected chi connectivity index (χ1v) is 10.2. The molecule has 0 bridgehead atoms. The summed E-state index contributed by atoms with van der Waals surface area (Å²) in [4.78, 5) is 30.3. The van der Waals surface area contributed by atoms with Crippen LogP contribution in [0.25, 0.3) is 0 Å². The molecular weight excluding hydrogens is 330 g/mol. The molecule has 0 spiro atoms. The summed E-state index contributed by atoms with van der Waals surface area (Å²) in [5.74, 6) is 2.03. The second-order valence-corrected chi connectivity index (χ2v) is 7.32. The summed E-state index contributed by atoms with van der Waals surface area (Å²) >= 11 is 0. The first-order valence-electron chi connectivity index (χ1n) is 10.2. The van der Waals surface area contributed by atoms with Crippen molar-refractivity contribution < 1.29 is 9.59 Å². The summed E-state index contributed by atoms with van der Waals surface area (Å²) in [6.07, 6.45) is 6.81. The van der Waals surface area contributed by atoms with Gasteiger partial charge in [-0.3, -0.25) is 14.6 Å². The van der Waals surface area contributed by atoms with Gasteiger partial charge < -0.3 is 20.9 Å². The molecule has 1 saturated heterocycles. The van der Waals surface area contributed by atoms with E-state index in [2.05, 4.69) is 27.8 Å². The van der Waals surface area contributed by atoms with Gasteiger partial charge in [0.05, 0.1) is 0 Å². The Bertz CT molecular complexity index is 482. The molecule has 2 rings (SSSR count). The highest BCUT2D eigenvalue weighted by Gasteiger charge is 2.25. The van der Waals surface area contributed by atoms with Gasteiger partial charge in [-0.25, -0.2) is 0 Å². The lowest BCUT2D eigenvalue weighted by atomic mass is 9.85. The fourth-order valence-corrected chi connectivity index (χ4v) is 3.43. The maximum absolute atomic E-state index is 11.8. The van der Waals surface area contributed by atoms with Crippen LogP contribution in [0.1, 0.15) is 51.9 Å². The predicted octanol–water partition coefficient (Wildman–Crippen LogP) is 1.11. The third kappa shape index (κ3) is 6.50. The van der Waals surface area contributed by atoms with Gasteiger partial charge >= 0.3 is 0 Å². The first kappa shape index (κ1) is 20.5. The van der Waals surface area contributed by atoms with Gasteiger partial charge in [0, 0.05) is 52.1 Å². The molecule has 0 aromatic rings. The number of carbonyl (C=O) groups excluding carboxylic acids is 2. The zero-order valence-corrected chi connectivity index (χ0v) is 16.4. The number of guanidine groups is 1. The molecule has 7 nitrogen and oxygen atoms in total. The zero-order chi connectivity index (χ0) is 18.8. The Balaban J connectivity index is 1.69. The Labute approximate surface area is 157 Å². The number of nitrogens with one attached hydrogen (secondary N) is 3. The summed E-state index contributed by atoms with van der Waals surface area (Å²) in [5, 5.41) is 9.09. The summed E-state index contributed by atoms with van der Waals surface area (Å²) in [5.41, 5.74) is 0. The Morgan fingerprint density at radius 1 is 1.12 bits per heavy atom. The molecule has 0 atom stereocenters. The lowest BCUT2D eigenvalue weighted by Gasteiger charge is -2.34. The SMILES string of the molecule is CCNC(=NCCCNC(=O)C1CCC1)N1CCC(CC(=O)NC)CC1. The summed E-state index contributed by atoms with van der Waals surface area (Å²) in [6, 6.07) is 0. The summed E-state index contributed by atoms with van der Waals surface area (Å²) in [7, 11) is 1.70. The molecule has 148 valence electrons. The molecular formula is C19H35N5O2. The van der Waals surface area contributed by atoms with Crippen LogP contribution in [0.5, 0.6) is 0 Å². The van der Waals surface area contributed by atoms with Crippen molar-refractivity contribution in [3.8, 4) is 0 Å². The molecule has 26 heavy (non-hydrogen) atoms. The third-order valence-corrected chi connectivity index (χ3v) is 5.37. The van der Waals surface area contributed by atoms with Crippen LogP contribution in [0.15, 0.2) is 4.99 Å². The van der Waals surface area contributed by atoms with E-state index >= 15 is 0 Å². The molecule has 0 unspecified atom stereocenters.